The summed E-state index contributed by atoms with van der Waals surface area (Å²) in [6, 6.07) is 14.0. The monoisotopic (exact) mass is 310 g/mol. The molecule has 1 fully saturated rings. The van der Waals surface area contributed by atoms with Crippen LogP contribution in [0.4, 0.5) is 0 Å². The van der Waals surface area contributed by atoms with Crippen molar-refractivity contribution in [3.05, 3.63) is 66.1 Å². The molecular weight excluding hydrogens is 288 g/mol. The van der Waals surface area contributed by atoms with Gasteiger partial charge in [-0.05, 0) is 17.7 Å². The molecule has 1 amide bonds. The van der Waals surface area contributed by atoms with E-state index in [0.717, 1.165) is 38.5 Å². The molecular formula is C19H22N2O2. The third-order valence-electron chi connectivity index (χ3n) is 4.10. The highest BCUT2D eigenvalue weighted by molar-refractivity contribution is 5.78. The smallest absolute Gasteiger partial charge is 0.230 e. The van der Waals surface area contributed by atoms with Gasteiger partial charge >= 0.3 is 0 Å². The number of piperazine rings is 1. The number of amides is 1. The summed E-state index contributed by atoms with van der Waals surface area (Å²) in [6.45, 7) is 4.35. The van der Waals surface area contributed by atoms with Crippen LogP contribution < -0.4 is 0 Å². The Bertz CT molecular complexity index is 627. The van der Waals surface area contributed by atoms with Crippen molar-refractivity contribution in [2.75, 3.05) is 32.7 Å². The quantitative estimate of drug-likeness (QED) is 0.852. The van der Waals surface area contributed by atoms with Crippen molar-refractivity contribution < 1.29 is 9.21 Å². The summed E-state index contributed by atoms with van der Waals surface area (Å²) in [5.74, 6) is 0.891. The fourth-order valence-electron chi connectivity index (χ4n) is 2.76. The zero-order valence-corrected chi connectivity index (χ0v) is 13.2. The minimum absolute atomic E-state index is 0.152. The van der Waals surface area contributed by atoms with Crippen LogP contribution in [0.2, 0.25) is 0 Å². The molecule has 1 aromatic carbocycles. The number of nitrogens with zero attached hydrogens (tertiary/aromatic N) is 2. The van der Waals surface area contributed by atoms with Gasteiger partial charge in [0, 0.05) is 32.7 Å². The first kappa shape index (κ1) is 15.6. The van der Waals surface area contributed by atoms with Crippen LogP contribution in [0.15, 0.2) is 59.2 Å². The van der Waals surface area contributed by atoms with E-state index in [2.05, 4.69) is 29.2 Å². The minimum Gasteiger partial charge on any atom is -0.469 e. The maximum absolute atomic E-state index is 12.2. The Morgan fingerprint density at radius 1 is 1.04 bits per heavy atom. The van der Waals surface area contributed by atoms with Crippen molar-refractivity contribution in [1.82, 2.24) is 9.80 Å². The van der Waals surface area contributed by atoms with Gasteiger partial charge in [-0.25, -0.2) is 0 Å². The number of hydrogen-bond donors (Lipinski definition) is 0. The van der Waals surface area contributed by atoms with E-state index in [0.29, 0.717) is 6.42 Å². The lowest BCUT2D eigenvalue weighted by atomic mass is 10.2. The fourth-order valence-corrected chi connectivity index (χ4v) is 2.76. The Kier molecular flexibility index (Phi) is 5.27. The van der Waals surface area contributed by atoms with E-state index in [1.807, 2.05) is 35.2 Å². The van der Waals surface area contributed by atoms with Crippen molar-refractivity contribution in [3.63, 3.8) is 0 Å². The summed E-state index contributed by atoms with van der Waals surface area (Å²) >= 11 is 0. The van der Waals surface area contributed by atoms with Crippen LogP contribution in [0.5, 0.6) is 0 Å². The van der Waals surface area contributed by atoms with Gasteiger partial charge in [0.15, 0.2) is 0 Å². The third kappa shape index (κ3) is 4.57. The van der Waals surface area contributed by atoms with Crippen LogP contribution in [0.25, 0.3) is 6.08 Å². The van der Waals surface area contributed by atoms with Gasteiger partial charge in [0.1, 0.15) is 5.76 Å². The van der Waals surface area contributed by atoms with Crippen LogP contribution in [0.1, 0.15) is 11.3 Å². The molecule has 0 atom stereocenters. The van der Waals surface area contributed by atoms with E-state index in [4.69, 9.17) is 4.42 Å². The molecule has 1 aromatic heterocycles. The van der Waals surface area contributed by atoms with E-state index < -0.39 is 0 Å². The summed E-state index contributed by atoms with van der Waals surface area (Å²) in [5, 5.41) is 0. The molecule has 120 valence electrons. The second-order valence-electron chi connectivity index (χ2n) is 5.75. The van der Waals surface area contributed by atoms with Gasteiger partial charge in [0.2, 0.25) is 5.91 Å². The zero-order chi connectivity index (χ0) is 15.9. The van der Waals surface area contributed by atoms with E-state index in [9.17, 15) is 4.79 Å². The molecule has 3 rings (SSSR count). The summed E-state index contributed by atoms with van der Waals surface area (Å²) in [4.78, 5) is 16.5. The topological polar surface area (TPSA) is 36.7 Å². The third-order valence-corrected chi connectivity index (χ3v) is 4.10. The molecule has 0 N–H and O–H groups in total. The Balaban J connectivity index is 1.41. The maximum atomic E-state index is 12.2. The Labute approximate surface area is 137 Å². The van der Waals surface area contributed by atoms with Crippen molar-refractivity contribution in [1.29, 1.82) is 0 Å². The first-order chi connectivity index (χ1) is 11.3. The van der Waals surface area contributed by atoms with Crippen LogP contribution in [0.3, 0.4) is 0 Å². The predicted octanol–water partition coefficient (Wildman–Crippen LogP) is 2.68. The van der Waals surface area contributed by atoms with Gasteiger partial charge in [-0.15, -0.1) is 0 Å². The Morgan fingerprint density at radius 3 is 2.52 bits per heavy atom. The number of carbonyl (C=O) groups is 1. The van der Waals surface area contributed by atoms with Crippen LogP contribution >= 0.6 is 0 Å². The molecule has 2 heterocycles. The first-order valence-corrected chi connectivity index (χ1v) is 8.05. The standard InChI is InChI=1S/C19H22N2O2/c22-19(16-18-9-5-15-23-18)21-13-11-20(12-14-21)10-4-8-17-6-2-1-3-7-17/h1-9,15H,10-14,16H2/b8-4+. The molecule has 1 saturated heterocycles. The lowest BCUT2D eigenvalue weighted by Crippen LogP contribution is -2.49. The predicted molar refractivity (Wildman–Crippen MR) is 90.9 cm³/mol. The summed E-state index contributed by atoms with van der Waals surface area (Å²) in [6.07, 6.45) is 6.31. The fraction of sp³-hybridized carbons (Fsp3) is 0.316. The molecule has 1 aliphatic rings. The SMILES string of the molecule is O=C(Cc1ccco1)N1CCN(C/C=C/c2ccccc2)CC1. The van der Waals surface area contributed by atoms with Crippen molar-refractivity contribution in [3.8, 4) is 0 Å². The summed E-state index contributed by atoms with van der Waals surface area (Å²) < 4.78 is 5.24. The Morgan fingerprint density at radius 2 is 1.83 bits per heavy atom. The number of rotatable bonds is 5. The molecule has 0 saturated carbocycles. The van der Waals surface area contributed by atoms with Crippen LogP contribution in [-0.2, 0) is 11.2 Å². The molecule has 0 spiro atoms. The average Bonchev–Trinajstić information content (AvgIpc) is 3.09. The second kappa shape index (κ2) is 7.79. The summed E-state index contributed by atoms with van der Waals surface area (Å²) in [5.41, 5.74) is 1.22. The number of hydrogen-bond acceptors (Lipinski definition) is 3. The van der Waals surface area contributed by atoms with Gasteiger partial charge in [0.05, 0.1) is 12.7 Å². The molecule has 4 nitrogen and oxygen atoms in total. The highest BCUT2D eigenvalue weighted by atomic mass is 16.3. The molecule has 0 radical (unpaired) electrons. The van der Waals surface area contributed by atoms with Gasteiger partial charge in [0.25, 0.3) is 0 Å². The minimum atomic E-state index is 0.152. The molecule has 2 aromatic rings. The Hall–Kier alpha value is -2.33. The van der Waals surface area contributed by atoms with Crippen molar-refractivity contribution in [2.24, 2.45) is 0 Å². The van der Waals surface area contributed by atoms with E-state index in [-0.39, 0.29) is 5.91 Å². The molecule has 0 bridgehead atoms. The highest BCUT2D eigenvalue weighted by Crippen LogP contribution is 2.08. The lowest BCUT2D eigenvalue weighted by molar-refractivity contribution is -0.132. The molecule has 0 aliphatic carbocycles. The van der Waals surface area contributed by atoms with E-state index >= 15 is 0 Å². The lowest BCUT2D eigenvalue weighted by Gasteiger charge is -2.34. The number of furan rings is 1. The molecule has 1 aliphatic heterocycles. The van der Waals surface area contributed by atoms with Gasteiger partial charge in [-0.2, -0.15) is 0 Å². The van der Waals surface area contributed by atoms with Gasteiger partial charge in [-0.3, -0.25) is 9.69 Å². The normalized spacial score (nSPS) is 16.1. The average molecular weight is 310 g/mol. The maximum Gasteiger partial charge on any atom is 0.230 e. The van der Waals surface area contributed by atoms with Crippen molar-refractivity contribution in [2.45, 2.75) is 6.42 Å². The van der Waals surface area contributed by atoms with E-state index in [1.54, 1.807) is 6.26 Å². The van der Waals surface area contributed by atoms with Crippen LogP contribution in [-0.4, -0.2) is 48.4 Å². The first-order valence-electron chi connectivity index (χ1n) is 8.05. The largest absolute Gasteiger partial charge is 0.469 e. The van der Waals surface area contributed by atoms with Crippen molar-refractivity contribution >= 4 is 12.0 Å². The van der Waals surface area contributed by atoms with Gasteiger partial charge < -0.3 is 9.32 Å². The zero-order valence-electron chi connectivity index (χ0n) is 13.2. The highest BCUT2D eigenvalue weighted by Gasteiger charge is 2.20. The molecule has 4 heteroatoms. The van der Waals surface area contributed by atoms with Crippen LogP contribution in [0, 0.1) is 0 Å². The number of carbonyl (C=O) groups excluding carboxylic acids is 1. The molecule has 0 unspecified atom stereocenters. The molecule has 23 heavy (non-hydrogen) atoms. The second-order valence-corrected chi connectivity index (χ2v) is 5.75. The van der Waals surface area contributed by atoms with E-state index in [1.165, 1.54) is 5.56 Å². The number of benzene rings is 1. The summed E-state index contributed by atoms with van der Waals surface area (Å²) in [7, 11) is 0. The van der Waals surface area contributed by atoms with Gasteiger partial charge in [-0.1, -0.05) is 42.5 Å².